The molecule has 2 rings (SSSR count). The van der Waals surface area contributed by atoms with E-state index in [2.05, 4.69) is 4.90 Å². The van der Waals surface area contributed by atoms with E-state index < -0.39 is 11.6 Å². The molecule has 0 aliphatic carbocycles. The molecule has 4 heteroatoms. The maximum Gasteiger partial charge on any atom is 0.129 e. The molecule has 1 fully saturated rings. The molecule has 0 amide bonds. The molecular formula is C16H24FNO2. The van der Waals surface area contributed by atoms with Crippen molar-refractivity contribution in [1.82, 2.24) is 4.90 Å². The summed E-state index contributed by atoms with van der Waals surface area (Å²) in [7, 11) is 0. The number of benzene rings is 1. The third-order valence-corrected chi connectivity index (χ3v) is 4.48. The van der Waals surface area contributed by atoms with Crippen LogP contribution >= 0.6 is 0 Å². The Hall–Kier alpha value is -0.970. The highest BCUT2D eigenvalue weighted by Gasteiger charge is 2.39. The van der Waals surface area contributed by atoms with E-state index in [1.165, 1.54) is 6.07 Å². The number of morpholine rings is 1. The Morgan fingerprint density at radius 2 is 2.05 bits per heavy atom. The van der Waals surface area contributed by atoms with Crippen molar-refractivity contribution < 1.29 is 14.2 Å². The average molecular weight is 281 g/mol. The van der Waals surface area contributed by atoms with Crippen LogP contribution in [-0.2, 0) is 4.74 Å². The zero-order chi connectivity index (χ0) is 14.8. The van der Waals surface area contributed by atoms with Crippen LogP contribution in [0.4, 0.5) is 4.39 Å². The average Bonchev–Trinajstić information content (AvgIpc) is 2.49. The van der Waals surface area contributed by atoms with Crippen molar-refractivity contribution in [3.8, 4) is 0 Å². The molecule has 3 nitrogen and oxygen atoms in total. The van der Waals surface area contributed by atoms with Crippen LogP contribution in [0.2, 0.25) is 0 Å². The summed E-state index contributed by atoms with van der Waals surface area (Å²) in [5.41, 5.74) is 0.875. The van der Waals surface area contributed by atoms with E-state index >= 15 is 0 Å². The molecule has 112 valence electrons. The summed E-state index contributed by atoms with van der Waals surface area (Å²) in [6.07, 6.45) is -0.0906. The predicted octanol–water partition coefficient (Wildman–Crippen LogP) is 2.67. The number of aryl methyl sites for hydroxylation is 1. The molecule has 2 unspecified atom stereocenters. The molecule has 0 aromatic heterocycles. The number of rotatable bonds is 4. The Morgan fingerprint density at radius 1 is 1.40 bits per heavy atom. The van der Waals surface area contributed by atoms with Gasteiger partial charge in [-0.15, -0.1) is 0 Å². The second-order valence-corrected chi connectivity index (χ2v) is 5.74. The lowest BCUT2D eigenvalue weighted by Crippen LogP contribution is -2.54. The molecule has 20 heavy (non-hydrogen) atoms. The highest BCUT2D eigenvalue weighted by Crippen LogP contribution is 2.36. The van der Waals surface area contributed by atoms with E-state index in [1.807, 2.05) is 20.8 Å². The van der Waals surface area contributed by atoms with E-state index in [0.29, 0.717) is 18.8 Å². The van der Waals surface area contributed by atoms with Gasteiger partial charge in [0.1, 0.15) is 5.82 Å². The van der Waals surface area contributed by atoms with Crippen molar-refractivity contribution in [3.05, 3.63) is 35.1 Å². The fourth-order valence-corrected chi connectivity index (χ4v) is 2.87. The van der Waals surface area contributed by atoms with Gasteiger partial charge in [0.25, 0.3) is 0 Å². The van der Waals surface area contributed by atoms with Crippen LogP contribution in [0.5, 0.6) is 0 Å². The van der Waals surface area contributed by atoms with Crippen LogP contribution in [0.1, 0.15) is 37.5 Å². The summed E-state index contributed by atoms with van der Waals surface area (Å²) >= 11 is 0. The third-order valence-electron chi connectivity index (χ3n) is 4.48. The molecular weight excluding hydrogens is 257 g/mol. The predicted molar refractivity (Wildman–Crippen MR) is 77.2 cm³/mol. The van der Waals surface area contributed by atoms with Crippen molar-refractivity contribution in [1.29, 1.82) is 0 Å². The van der Waals surface area contributed by atoms with Gasteiger partial charge in [-0.05, 0) is 26.3 Å². The van der Waals surface area contributed by atoms with E-state index in [4.69, 9.17) is 4.74 Å². The first-order valence-corrected chi connectivity index (χ1v) is 7.26. The molecule has 1 aromatic rings. The lowest BCUT2D eigenvalue weighted by Gasteiger charge is -2.46. The first-order chi connectivity index (χ1) is 9.49. The summed E-state index contributed by atoms with van der Waals surface area (Å²) in [6, 6.07) is 4.90. The van der Waals surface area contributed by atoms with Crippen molar-refractivity contribution in [3.63, 3.8) is 0 Å². The minimum atomic E-state index is -0.842. The molecule has 0 saturated carbocycles. The summed E-state index contributed by atoms with van der Waals surface area (Å²) < 4.78 is 19.4. The SMILES string of the molecule is CCC(C)(C(O)c1cc(C)ccc1F)N1CCOCC1. The molecule has 1 aromatic carbocycles. The number of aliphatic hydroxyl groups is 1. The molecule has 0 spiro atoms. The fraction of sp³-hybridized carbons (Fsp3) is 0.625. The van der Waals surface area contributed by atoms with Gasteiger partial charge in [-0.25, -0.2) is 4.39 Å². The second kappa shape index (κ2) is 6.20. The topological polar surface area (TPSA) is 32.7 Å². The lowest BCUT2D eigenvalue weighted by molar-refractivity contribution is -0.0743. The Morgan fingerprint density at radius 3 is 2.65 bits per heavy atom. The van der Waals surface area contributed by atoms with Crippen LogP contribution < -0.4 is 0 Å². The van der Waals surface area contributed by atoms with Gasteiger partial charge in [-0.2, -0.15) is 0 Å². The third kappa shape index (κ3) is 2.87. The molecule has 1 heterocycles. The monoisotopic (exact) mass is 281 g/mol. The van der Waals surface area contributed by atoms with Crippen LogP contribution in [0.3, 0.4) is 0 Å². The normalized spacial score (nSPS) is 21.4. The molecule has 1 aliphatic rings. The molecule has 0 radical (unpaired) electrons. The number of nitrogens with zero attached hydrogens (tertiary/aromatic N) is 1. The Bertz CT molecular complexity index is 460. The highest BCUT2D eigenvalue weighted by atomic mass is 19.1. The Kier molecular flexibility index (Phi) is 4.78. The summed E-state index contributed by atoms with van der Waals surface area (Å²) in [5.74, 6) is -0.337. The van der Waals surface area contributed by atoms with Crippen molar-refractivity contribution in [2.75, 3.05) is 26.3 Å². The smallest absolute Gasteiger partial charge is 0.129 e. The van der Waals surface area contributed by atoms with Gasteiger partial charge in [0.15, 0.2) is 0 Å². The maximum atomic E-state index is 14.1. The van der Waals surface area contributed by atoms with Crippen molar-refractivity contribution in [2.24, 2.45) is 0 Å². The van der Waals surface area contributed by atoms with Crippen LogP contribution in [0, 0.1) is 12.7 Å². The molecule has 1 N–H and O–H groups in total. The van der Waals surface area contributed by atoms with E-state index in [-0.39, 0.29) is 5.82 Å². The van der Waals surface area contributed by atoms with Crippen LogP contribution in [-0.4, -0.2) is 41.8 Å². The van der Waals surface area contributed by atoms with E-state index in [1.54, 1.807) is 12.1 Å². The van der Waals surface area contributed by atoms with E-state index in [9.17, 15) is 9.50 Å². The minimum Gasteiger partial charge on any atom is -0.386 e. The van der Waals surface area contributed by atoms with Gasteiger partial charge in [0.2, 0.25) is 0 Å². The summed E-state index contributed by atoms with van der Waals surface area (Å²) in [6.45, 7) is 8.83. The maximum absolute atomic E-state index is 14.1. The number of ether oxygens (including phenoxy) is 1. The van der Waals surface area contributed by atoms with Gasteiger partial charge in [-0.1, -0.05) is 24.6 Å². The van der Waals surface area contributed by atoms with Crippen LogP contribution in [0.25, 0.3) is 0 Å². The Balaban J connectivity index is 2.31. The molecule has 1 aliphatic heterocycles. The van der Waals surface area contributed by atoms with Gasteiger partial charge >= 0.3 is 0 Å². The Labute approximate surface area is 120 Å². The van der Waals surface area contributed by atoms with E-state index in [0.717, 1.165) is 25.1 Å². The van der Waals surface area contributed by atoms with Gasteiger partial charge in [0.05, 0.1) is 19.3 Å². The van der Waals surface area contributed by atoms with Crippen molar-refractivity contribution >= 4 is 0 Å². The first-order valence-electron chi connectivity index (χ1n) is 7.26. The summed E-state index contributed by atoms with van der Waals surface area (Å²) in [5, 5.41) is 10.8. The largest absolute Gasteiger partial charge is 0.386 e. The van der Waals surface area contributed by atoms with Crippen LogP contribution in [0.15, 0.2) is 18.2 Å². The number of hydrogen-bond acceptors (Lipinski definition) is 3. The first kappa shape index (κ1) is 15.4. The second-order valence-electron chi connectivity index (χ2n) is 5.74. The van der Waals surface area contributed by atoms with Crippen molar-refractivity contribution in [2.45, 2.75) is 38.8 Å². The number of halogens is 1. The zero-order valence-electron chi connectivity index (χ0n) is 12.5. The lowest BCUT2D eigenvalue weighted by atomic mass is 9.84. The molecule has 2 atom stereocenters. The fourth-order valence-electron chi connectivity index (χ4n) is 2.87. The minimum absolute atomic E-state index is 0.337. The molecule has 0 bridgehead atoms. The van der Waals surface area contributed by atoms with Gasteiger partial charge in [0, 0.05) is 24.2 Å². The quantitative estimate of drug-likeness (QED) is 0.921. The molecule has 1 saturated heterocycles. The standard InChI is InChI=1S/C16H24FNO2/c1-4-16(3,18-7-9-20-10-8-18)15(19)13-11-12(2)5-6-14(13)17/h5-6,11,15,19H,4,7-10H2,1-3H3. The van der Waals surface area contributed by atoms with Gasteiger partial charge in [-0.3, -0.25) is 4.90 Å². The number of aliphatic hydroxyl groups excluding tert-OH is 1. The highest BCUT2D eigenvalue weighted by molar-refractivity contribution is 5.28. The van der Waals surface area contributed by atoms with Gasteiger partial charge < -0.3 is 9.84 Å². The number of hydrogen-bond donors (Lipinski definition) is 1. The summed E-state index contributed by atoms with van der Waals surface area (Å²) in [4.78, 5) is 2.21. The zero-order valence-corrected chi connectivity index (χ0v) is 12.5.